The van der Waals surface area contributed by atoms with Gasteiger partial charge in [0.1, 0.15) is 0 Å². The van der Waals surface area contributed by atoms with Crippen LogP contribution in [0.15, 0.2) is 18.2 Å². The second-order valence-corrected chi connectivity index (χ2v) is 6.83. The SMILES string of the molecule is CC(NS(C)(=O)=O)C(=O)N1CCCc2c(N)cccc21.Cl. The molecule has 1 unspecified atom stereocenters. The van der Waals surface area contributed by atoms with Crippen molar-refractivity contribution in [2.75, 3.05) is 23.4 Å². The summed E-state index contributed by atoms with van der Waals surface area (Å²) in [6.45, 7) is 2.12. The Morgan fingerprint density at radius 1 is 1.43 bits per heavy atom. The summed E-state index contributed by atoms with van der Waals surface area (Å²) in [5, 5.41) is 0. The zero-order valence-corrected chi connectivity index (χ0v) is 13.6. The summed E-state index contributed by atoms with van der Waals surface area (Å²) in [6.07, 6.45) is 2.69. The van der Waals surface area contributed by atoms with E-state index in [9.17, 15) is 13.2 Å². The number of hydrogen-bond acceptors (Lipinski definition) is 4. The smallest absolute Gasteiger partial charge is 0.244 e. The molecule has 2 rings (SSSR count). The Kier molecular flexibility index (Phi) is 5.61. The van der Waals surface area contributed by atoms with E-state index in [-0.39, 0.29) is 18.3 Å². The third kappa shape index (κ3) is 4.09. The fourth-order valence-electron chi connectivity index (χ4n) is 2.49. The molecule has 0 saturated heterocycles. The molecule has 1 aliphatic rings. The Morgan fingerprint density at radius 3 is 2.71 bits per heavy atom. The van der Waals surface area contributed by atoms with Crippen LogP contribution in [0, 0.1) is 0 Å². The van der Waals surface area contributed by atoms with Gasteiger partial charge in [-0.2, -0.15) is 0 Å². The van der Waals surface area contributed by atoms with Crippen molar-refractivity contribution in [3.8, 4) is 0 Å². The molecule has 118 valence electrons. The van der Waals surface area contributed by atoms with Gasteiger partial charge in [-0.25, -0.2) is 13.1 Å². The van der Waals surface area contributed by atoms with Gasteiger partial charge in [-0.05, 0) is 37.5 Å². The number of sulfonamides is 1. The zero-order valence-electron chi connectivity index (χ0n) is 12.0. The summed E-state index contributed by atoms with van der Waals surface area (Å²) in [5.74, 6) is -0.262. The number of nitrogens with one attached hydrogen (secondary N) is 1. The van der Waals surface area contributed by atoms with Crippen LogP contribution < -0.4 is 15.4 Å². The summed E-state index contributed by atoms with van der Waals surface area (Å²) in [6, 6.07) is 4.66. The van der Waals surface area contributed by atoms with E-state index in [1.807, 2.05) is 12.1 Å². The number of amides is 1. The first kappa shape index (κ1) is 17.7. The molecule has 1 aromatic carbocycles. The summed E-state index contributed by atoms with van der Waals surface area (Å²) in [4.78, 5) is 14.0. The molecule has 3 N–H and O–H groups in total. The monoisotopic (exact) mass is 333 g/mol. The molecule has 21 heavy (non-hydrogen) atoms. The number of anilines is 2. The first-order valence-corrected chi connectivity index (χ1v) is 8.35. The van der Waals surface area contributed by atoms with E-state index >= 15 is 0 Å². The predicted octanol–water partition coefficient (Wildman–Crippen LogP) is 0.908. The highest BCUT2D eigenvalue weighted by Gasteiger charge is 2.28. The molecule has 0 fully saturated rings. The normalized spacial score (nSPS) is 15.8. The first-order valence-electron chi connectivity index (χ1n) is 6.45. The van der Waals surface area contributed by atoms with Crippen LogP contribution in [0.2, 0.25) is 0 Å². The highest BCUT2D eigenvalue weighted by atomic mass is 35.5. The molecule has 8 heteroatoms. The fraction of sp³-hybridized carbons (Fsp3) is 0.462. The highest BCUT2D eigenvalue weighted by molar-refractivity contribution is 7.88. The van der Waals surface area contributed by atoms with Gasteiger partial charge in [-0.1, -0.05) is 6.07 Å². The molecular weight excluding hydrogens is 314 g/mol. The molecule has 0 aromatic heterocycles. The summed E-state index contributed by atoms with van der Waals surface area (Å²) < 4.78 is 24.8. The molecule has 0 spiro atoms. The first-order chi connectivity index (χ1) is 9.29. The average Bonchev–Trinajstić information content (AvgIpc) is 2.36. The standard InChI is InChI=1S/C13H19N3O3S.ClH/c1-9(15-20(2,18)19)13(17)16-8-4-5-10-11(14)6-3-7-12(10)16;/h3,6-7,9,15H,4-5,8,14H2,1-2H3;1H. The Bertz CT molecular complexity index is 634. The molecule has 0 bridgehead atoms. The lowest BCUT2D eigenvalue weighted by Gasteiger charge is -2.32. The van der Waals surface area contributed by atoms with Crippen molar-refractivity contribution in [2.24, 2.45) is 0 Å². The lowest BCUT2D eigenvalue weighted by molar-refractivity contribution is -0.119. The van der Waals surface area contributed by atoms with Gasteiger partial charge >= 0.3 is 0 Å². The van der Waals surface area contributed by atoms with Gasteiger partial charge in [0.05, 0.1) is 12.3 Å². The van der Waals surface area contributed by atoms with Crippen molar-refractivity contribution in [1.82, 2.24) is 4.72 Å². The van der Waals surface area contributed by atoms with Crippen LogP contribution in [0.4, 0.5) is 11.4 Å². The minimum atomic E-state index is -3.41. The maximum atomic E-state index is 12.4. The van der Waals surface area contributed by atoms with E-state index in [0.29, 0.717) is 12.2 Å². The molecule has 1 amide bonds. The summed E-state index contributed by atoms with van der Waals surface area (Å²) in [7, 11) is -3.41. The van der Waals surface area contributed by atoms with E-state index < -0.39 is 16.1 Å². The quantitative estimate of drug-likeness (QED) is 0.804. The second-order valence-electron chi connectivity index (χ2n) is 5.05. The summed E-state index contributed by atoms with van der Waals surface area (Å²) in [5.41, 5.74) is 8.34. The van der Waals surface area contributed by atoms with E-state index in [1.54, 1.807) is 17.9 Å². The van der Waals surface area contributed by atoms with Gasteiger partial charge in [0.2, 0.25) is 15.9 Å². The number of nitrogens with two attached hydrogens (primary N) is 1. The van der Waals surface area contributed by atoms with Crippen LogP contribution in [0.5, 0.6) is 0 Å². The van der Waals surface area contributed by atoms with Crippen LogP contribution in [0.1, 0.15) is 18.9 Å². The van der Waals surface area contributed by atoms with Crippen molar-refractivity contribution >= 4 is 39.7 Å². The Labute approximate surface area is 131 Å². The van der Waals surface area contributed by atoms with Crippen LogP contribution >= 0.6 is 12.4 Å². The lowest BCUT2D eigenvalue weighted by Crippen LogP contribution is -2.48. The van der Waals surface area contributed by atoms with Gasteiger partial charge in [0, 0.05) is 17.9 Å². The van der Waals surface area contributed by atoms with Gasteiger partial charge in [-0.15, -0.1) is 12.4 Å². The summed E-state index contributed by atoms with van der Waals surface area (Å²) >= 11 is 0. The molecule has 1 atom stereocenters. The average molecular weight is 334 g/mol. The van der Waals surface area contributed by atoms with Crippen molar-refractivity contribution in [2.45, 2.75) is 25.8 Å². The fourth-order valence-corrected chi connectivity index (χ4v) is 3.23. The van der Waals surface area contributed by atoms with Crippen molar-refractivity contribution < 1.29 is 13.2 Å². The number of carbonyl (C=O) groups excluding carboxylic acids is 1. The number of benzene rings is 1. The van der Waals surface area contributed by atoms with Gasteiger partial charge < -0.3 is 10.6 Å². The maximum absolute atomic E-state index is 12.4. The van der Waals surface area contributed by atoms with Gasteiger partial charge in [0.25, 0.3) is 0 Å². The Balaban J connectivity index is 0.00000220. The molecule has 0 aliphatic carbocycles. The number of fused-ring (bicyclic) bond motifs is 1. The molecular formula is C13H20ClN3O3S. The van der Waals surface area contributed by atoms with E-state index in [2.05, 4.69) is 4.72 Å². The molecule has 0 saturated carbocycles. The number of hydrogen-bond donors (Lipinski definition) is 2. The molecule has 1 aromatic rings. The number of nitrogens with zero attached hydrogens (tertiary/aromatic N) is 1. The minimum absolute atomic E-state index is 0. The molecule has 6 nitrogen and oxygen atoms in total. The van der Waals surface area contributed by atoms with E-state index in [0.717, 1.165) is 30.3 Å². The lowest BCUT2D eigenvalue weighted by atomic mass is 9.99. The number of nitrogen functional groups attached to an aromatic ring is 1. The molecule has 0 radical (unpaired) electrons. The van der Waals surface area contributed by atoms with Crippen molar-refractivity contribution in [1.29, 1.82) is 0 Å². The second kappa shape index (κ2) is 6.64. The number of rotatable bonds is 3. The molecule has 1 aliphatic heterocycles. The van der Waals surface area contributed by atoms with Crippen LogP contribution in [-0.4, -0.2) is 33.2 Å². The largest absolute Gasteiger partial charge is 0.398 e. The number of halogens is 1. The van der Waals surface area contributed by atoms with Gasteiger partial charge in [0.15, 0.2) is 0 Å². The zero-order chi connectivity index (χ0) is 14.9. The van der Waals surface area contributed by atoms with Crippen LogP contribution in [0.25, 0.3) is 0 Å². The third-order valence-electron chi connectivity index (χ3n) is 3.31. The van der Waals surface area contributed by atoms with Crippen molar-refractivity contribution in [3.05, 3.63) is 23.8 Å². The van der Waals surface area contributed by atoms with Crippen LogP contribution in [-0.2, 0) is 21.2 Å². The third-order valence-corrected chi connectivity index (χ3v) is 4.10. The highest BCUT2D eigenvalue weighted by Crippen LogP contribution is 2.31. The van der Waals surface area contributed by atoms with E-state index in [1.165, 1.54) is 0 Å². The van der Waals surface area contributed by atoms with E-state index in [4.69, 9.17) is 5.73 Å². The van der Waals surface area contributed by atoms with Crippen LogP contribution in [0.3, 0.4) is 0 Å². The Morgan fingerprint density at radius 2 is 2.10 bits per heavy atom. The maximum Gasteiger partial charge on any atom is 0.244 e. The molecule has 1 heterocycles. The topological polar surface area (TPSA) is 92.5 Å². The minimum Gasteiger partial charge on any atom is -0.398 e. The Hall–Kier alpha value is -1.31. The van der Waals surface area contributed by atoms with Crippen molar-refractivity contribution in [3.63, 3.8) is 0 Å². The number of carbonyl (C=O) groups is 1. The van der Waals surface area contributed by atoms with Gasteiger partial charge in [-0.3, -0.25) is 4.79 Å². The predicted molar refractivity (Wildman–Crippen MR) is 86.2 cm³/mol.